The van der Waals surface area contributed by atoms with E-state index in [-0.39, 0.29) is 0 Å². The molecule has 0 N–H and O–H groups in total. The summed E-state index contributed by atoms with van der Waals surface area (Å²) in [5.74, 6) is 1.78. The molecule has 0 spiro atoms. The van der Waals surface area contributed by atoms with E-state index in [9.17, 15) is 0 Å². The molecule has 0 radical (unpaired) electrons. The molecular formula is C21H17Cl. The molecular weight excluding hydrogens is 288 g/mol. The van der Waals surface area contributed by atoms with Crippen LogP contribution in [0.1, 0.15) is 41.4 Å². The van der Waals surface area contributed by atoms with Crippen molar-refractivity contribution in [3.8, 4) is 0 Å². The maximum absolute atomic E-state index is 6.35. The normalized spacial score (nSPS) is 22.4. The van der Waals surface area contributed by atoms with Gasteiger partial charge in [-0.05, 0) is 57.0 Å². The Kier molecular flexibility index (Phi) is 2.66. The molecule has 2 atom stereocenters. The molecule has 3 aromatic rings. The SMILES string of the molecule is ClCC1CCC2C=Cc3cccc4c3c2c1c1ccccc14. The van der Waals surface area contributed by atoms with E-state index in [1.54, 1.807) is 5.56 Å². The number of allylic oxidation sites excluding steroid dienone is 1. The number of benzene rings is 3. The summed E-state index contributed by atoms with van der Waals surface area (Å²) >= 11 is 6.35. The molecule has 0 saturated carbocycles. The van der Waals surface area contributed by atoms with E-state index in [1.165, 1.54) is 45.5 Å². The Bertz CT molecular complexity index is 935. The summed E-state index contributed by atoms with van der Waals surface area (Å²) in [5.41, 5.74) is 4.45. The van der Waals surface area contributed by atoms with E-state index in [4.69, 9.17) is 11.6 Å². The maximum Gasteiger partial charge on any atom is 0.0292 e. The van der Waals surface area contributed by atoms with Crippen molar-refractivity contribution >= 4 is 39.2 Å². The van der Waals surface area contributed by atoms with Crippen LogP contribution in [-0.2, 0) is 0 Å². The average Bonchev–Trinajstić information content (AvgIpc) is 2.60. The van der Waals surface area contributed by atoms with Gasteiger partial charge in [0.1, 0.15) is 0 Å². The summed E-state index contributed by atoms with van der Waals surface area (Å²) in [7, 11) is 0. The lowest BCUT2D eigenvalue weighted by Gasteiger charge is -2.34. The first kappa shape index (κ1) is 12.7. The van der Waals surface area contributed by atoms with Crippen LogP contribution in [0.5, 0.6) is 0 Å². The lowest BCUT2D eigenvalue weighted by Crippen LogP contribution is -2.17. The zero-order valence-corrected chi connectivity index (χ0v) is 13.1. The van der Waals surface area contributed by atoms with Crippen molar-refractivity contribution < 1.29 is 0 Å². The van der Waals surface area contributed by atoms with Gasteiger partial charge in [-0.15, -0.1) is 11.6 Å². The molecule has 0 aromatic heterocycles. The fourth-order valence-corrected chi connectivity index (χ4v) is 4.84. The monoisotopic (exact) mass is 304 g/mol. The Balaban J connectivity index is 2.07. The van der Waals surface area contributed by atoms with Crippen LogP contribution in [0.25, 0.3) is 27.6 Å². The van der Waals surface area contributed by atoms with Gasteiger partial charge in [-0.3, -0.25) is 0 Å². The van der Waals surface area contributed by atoms with Gasteiger partial charge in [0.25, 0.3) is 0 Å². The minimum atomic E-state index is 0.488. The molecule has 2 unspecified atom stereocenters. The van der Waals surface area contributed by atoms with E-state index in [0.29, 0.717) is 11.8 Å². The summed E-state index contributed by atoms with van der Waals surface area (Å²) < 4.78 is 0. The number of halogens is 1. The Morgan fingerprint density at radius 3 is 2.55 bits per heavy atom. The molecule has 0 aliphatic heterocycles. The summed E-state index contributed by atoms with van der Waals surface area (Å²) in [6, 6.07) is 15.6. The van der Waals surface area contributed by atoms with Crippen LogP contribution < -0.4 is 0 Å². The predicted molar refractivity (Wildman–Crippen MR) is 95.9 cm³/mol. The lowest BCUT2D eigenvalue weighted by atomic mass is 9.70. The van der Waals surface area contributed by atoms with Crippen LogP contribution in [0.15, 0.2) is 48.5 Å². The van der Waals surface area contributed by atoms with Crippen LogP contribution in [0, 0.1) is 0 Å². The second-order valence-electron chi connectivity index (χ2n) is 6.54. The average molecular weight is 305 g/mol. The van der Waals surface area contributed by atoms with Gasteiger partial charge in [-0.2, -0.15) is 0 Å². The molecule has 2 aliphatic rings. The Labute approximate surface area is 135 Å². The Morgan fingerprint density at radius 2 is 1.68 bits per heavy atom. The van der Waals surface area contributed by atoms with Gasteiger partial charge in [-0.25, -0.2) is 0 Å². The lowest BCUT2D eigenvalue weighted by molar-refractivity contribution is 0.564. The smallest absolute Gasteiger partial charge is 0.0292 e. The van der Waals surface area contributed by atoms with Gasteiger partial charge in [0.05, 0.1) is 0 Å². The maximum atomic E-state index is 6.35. The van der Waals surface area contributed by atoms with Gasteiger partial charge in [0.2, 0.25) is 0 Å². The number of hydrogen-bond donors (Lipinski definition) is 0. The van der Waals surface area contributed by atoms with Gasteiger partial charge in [0.15, 0.2) is 0 Å². The van der Waals surface area contributed by atoms with Crippen molar-refractivity contribution in [3.05, 3.63) is 65.2 Å². The van der Waals surface area contributed by atoms with Crippen LogP contribution in [0.4, 0.5) is 0 Å². The molecule has 1 heteroatoms. The van der Waals surface area contributed by atoms with Gasteiger partial charge < -0.3 is 0 Å². The summed E-state index contributed by atoms with van der Waals surface area (Å²) in [6.07, 6.45) is 7.14. The number of fused-ring (bicyclic) bond motifs is 3. The van der Waals surface area contributed by atoms with Crippen molar-refractivity contribution in [3.63, 3.8) is 0 Å². The van der Waals surface area contributed by atoms with E-state index in [1.807, 2.05) is 0 Å². The highest BCUT2D eigenvalue weighted by molar-refractivity contribution is 6.19. The standard InChI is InChI=1S/C21H17Cl/c22-12-15-11-10-14-9-8-13-4-3-7-18-16-5-1-2-6-17(16)20(15)21(14)19(13)18/h1-9,14-15H,10-12H2. The van der Waals surface area contributed by atoms with E-state index in [2.05, 4.69) is 54.6 Å². The van der Waals surface area contributed by atoms with Crippen molar-refractivity contribution in [1.82, 2.24) is 0 Å². The van der Waals surface area contributed by atoms with E-state index >= 15 is 0 Å². The molecule has 0 amide bonds. The van der Waals surface area contributed by atoms with Gasteiger partial charge >= 0.3 is 0 Å². The summed E-state index contributed by atoms with van der Waals surface area (Å²) in [5, 5.41) is 5.66. The third-order valence-corrected chi connectivity index (χ3v) is 5.84. The Morgan fingerprint density at radius 1 is 0.864 bits per heavy atom. The molecule has 2 aliphatic carbocycles. The third-order valence-electron chi connectivity index (χ3n) is 5.46. The second-order valence-corrected chi connectivity index (χ2v) is 6.85. The molecule has 108 valence electrons. The molecule has 0 heterocycles. The molecule has 3 aromatic carbocycles. The highest BCUT2D eigenvalue weighted by atomic mass is 35.5. The summed E-state index contributed by atoms with van der Waals surface area (Å²) in [4.78, 5) is 0. The first-order chi connectivity index (χ1) is 10.9. The number of hydrogen-bond acceptors (Lipinski definition) is 0. The van der Waals surface area contributed by atoms with Crippen LogP contribution in [0.2, 0.25) is 0 Å². The first-order valence-corrected chi connectivity index (χ1v) is 8.63. The quantitative estimate of drug-likeness (QED) is 0.370. The van der Waals surface area contributed by atoms with E-state index < -0.39 is 0 Å². The highest BCUT2D eigenvalue weighted by Gasteiger charge is 2.31. The molecule has 0 nitrogen and oxygen atoms in total. The molecule has 0 saturated heterocycles. The first-order valence-electron chi connectivity index (χ1n) is 8.10. The Hall–Kier alpha value is -1.79. The predicted octanol–water partition coefficient (Wildman–Crippen LogP) is 6.22. The molecule has 0 bridgehead atoms. The van der Waals surface area contributed by atoms with E-state index in [0.717, 1.165) is 5.88 Å². The van der Waals surface area contributed by atoms with Crippen molar-refractivity contribution in [1.29, 1.82) is 0 Å². The van der Waals surface area contributed by atoms with Crippen LogP contribution >= 0.6 is 11.6 Å². The van der Waals surface area contributed by atoms with Crippen molar-refractivity contribution in [2.45, 2.75) is 24.7 Å². The number of rotatable bonds is 1. The zero-order valence-electron chi connectivity index (χ0n) is 12.4. The highest BCUT2D eigenvalue weighted by Crippen LogP contribution is 2.50. The van der Waals surface area contributed by atoms with Crippen molar-refractivity contribution in [2.75, 3.05) is 5.88 Å². The summed E-state index contributed by atoms with van der Waals surface area (Å²) in [6.45, 7) is 0. The largest absolute Gasteiger partial charge is 0.126 e. The zero-order chi connectivity index (χ0) is 14.7. The van der Waals surface area contributed by atoms with Gasteiger partial charge in [0, 0.05) is 11.8 Å². The molecule has 0 fully saturated rings. The minimum Gasteiger partial charge on any atom is -0.126 e. The van der Waals surface area contributed by atoms with Crippen LogP contribution in [-0.4, -0.2) is 5.88 Å². The molecule has 22 heavy (non-hydrogen) atoms. The second kappa shape index (κ2) is 4.60. The molecule has 5 rings (SSSR count). The third kappa shape index (κ3) is 1.54. The van der Waals surface area contributed by atoms with Gasteiger partial charge in [-0.1, -0.05) is 54.6 Å². The fraction of sp³-hybridized carbons (Fsp3) is 0.238. The van der Waals surface area contributed by atoms with Crippen molar-refractivity contribution in [2.24, 2.45) is 0 Å². The minimum absolute atomic E-state index is 0.488. The van der Waals surface area contributed by atoms with Crippen LogP contribution in [0.3, 0.4) is 0 Å². The number of alkyl halides is 1. The fourth-order valence-electron chi connectivity index (χ4n) is 4.53. The topological polar surface area (TPSA) is 0 Å².